The number of aliphatic hydroxyl groups excluding tert-OH is 1. The first-order valence-corrected chi connectivity index (χ1v) is 5.18. The van der Waals surface area contributed by atoms with Gasteiger partial charge in [-0.25, -0.2) is 4.98 Å². The number of rotatable bonds is 3. The Bertz CT molecular complexity index is 461. The molecule has 0 bridgehead atoms. The van der Waals surface area contributed by atoms with Gasteiger partial charge in [0.05, 0.1) is 30.9 Å². The molecule has 0 aliphatic heterocycles. The standard InChI is InChI=1S/C12H15N3O/c1-9-2-4-10(5-3-9)15-8-14-6-12(15)11(13)7-16/h2-6,8,11,16H,7,13H2,1H3. The third kappa shape index (κ3) is 1.98. The van der Waals surface area contributed by atoms with Crippen molar-refractivity contribution in [1.82, 2.24) is 9.55 Å². The van der Waals surface area contributed by atoms with Crippen LogP contribution in [0.1, 0.15) is 17.3 Å². The lowest BCUT2D eigenvalue weighted by Crippen LogP contribution is -2.17. The highest BCUT2D eigenvalue weighted by atomic mass is 16.3. The van der Waals surface area contributed by atoms with Gasteiger partial charge in [0.1, 0.15) is 0 Å². The van der Waals surface area contributed by atoms with Gasteiger partial charge in [0, 0.05) is 5.69 Å². The van der Waals surface area contributed by atoms with Gasteiger partial charge in [0.25, 0.3) is 0 Å². The van der Waals surface area contributed by atoms with Crippen LogP contribution in [0, 0.1) is 6.92 Å². The number of aryl methyl sites for hydroxylation is 1. The number of aromatic nitrogens is 2. The summed E-state index contributed by atoms with van der Waals surface area (Å²) in [4.78, 5) is 4.06. The maximum atomic E-state index is 9.06. The van der Waals surface area contributed by atoms with Crippen LogP contribution in [0.15, 0.2) is 36.8 Å². The van der Waals surface area contributed by atoms with Crippen LogP contribution in [-0.2, 0) is 0 Å². The fourth-order valence-corrected chi connectivity index (χ4v) is 1.59. The molecule has 0 fully saturated rings. The molecule has 0 amide bonds. The minimum atomic E-state index is -0.399. The van der Waals surface area contributed by atoms with E-state index in [9.17, 15) is 0 Å². The summed E-state index contributed by atoms with van der Waals surface area (Å²) in [5.74, 6) is 0. The maximum Gasteiger partial charge on any atom is 0.0994 e. The molecule has 0 saturated heterocycles. The molecule has 0 aliphatic rings. The molecule has 2 rings (SSSR count). The molecule has 1 heterocycles. The Morgan fingerprint density at radius 2 is 2.06 bits per heavy atom. The van der Waals surface area contributed by atoms with E-state index in [0.717, 1.165) is 11.4 Å². The third-order valence-corrected chi connectivity index (χ3v) is 2.56. The fourth-order valence-electron chi connectivity index (χ4n) is 1.59. The van der Waals surface area contributed by atoms with Crippen LogP contribution in [0.3, 0.4) is 0 Å². The zero-order valence-electron chi connectivity index (χ0n) is 9.17. The molecule has 16 heavy (non-hydrogen) atoms. The Hall–Kier alpha value is -1.65. The molecule has 4 heteroatoms. The zero-order chi connectivity index (χ0) is 11.5. The quantitative estimate of drug-likeness (QED) is 0.811. The molecule has 2 aromatic rings. The largest absolute Gasteiger partial charge is 0.394 e. The van der Waals surface area contributed by atoms with E-state index in [0.29, 0.717) is 0 Å². The van der Waals surface area contributed by atoms with Gasteiger partial charge >= 0.3 is 0 Å². The van der Waals surface area contributed by atoms with Crippen LogP contribution in [0.2, 0.25) is 0 Å². The summed E-state index contributed by atoms with van der Waals surface area (Å²) >= 11 is 0. The molecule has 0 spiro atoms. The van der Waals surface area contributed by atoms with Crippen molar-refractivity contribution in [3.63, 3.8) is 0 Å². The number of hydrogen-bond donors (Lipinski definition) is 2. The summed E-state index contributed by atoms with van der Waals surface area (Å²) < 4.78 is 1.89. The Labute approximate surface area is 94.4 Å². The number of nitrogens with zero attached hydrogens (tertiary/aromatic N) is 2. The third-order valence-electron chi connectivity index (χ3n) is 2.56. The van der Waals surface area contributed by atoms with Gasteiger partial charge in [-0.15, -0.1) is 0 Å². The maximum absolute atomic E-state index is 9.06. The smallest absolute Gasteiger partial charge is 0.0994 e. The second kappa shape index (κ2) is 4.47. The van der Waals surface area contributed by atoms with E-state index in [4.69, 9.17) is 10.8 Å². The first-order chi connectivity index (χ1) is 7.72. The van der Waals surface area contributed by atoms with Gasteiger partial charge in [0.15, 0.2) is 0 Å². The topological polar surface area (TPSA) is 64.1 Å². The predicted octanol–water partition coefficient (Wildman–Crippen LogP) is 1.17. The lowest BCUT2D eigenvalue weighted by molar-refractivity contribution is 0.265. The molecule has 0 aliphatic carbocycles. The minimum Gasteiger partial charge on any atom is -0.394 e. The summed E-state index contributed by atoms with van der Waals surface area (Å²) in [6, 6.07) is 7.67. The first-order valence-electron chi connectivity index (χ1n) is 5.18. The highest BCUT2D eigenvalue weighted by Gasteiger charge is 2.11. The van der Waals surface area contributed by atoms with Gasteiger partial charge in [-0.05, 0) is 19.1 Å². The van der Waals surface area contributed by atoms with Gasteiger partial charge < -0.3 is 15.4 Å². The van der Waals surface area contributed by atoms with Gasteiger partial charge in [-0.1, -0.05) is 17.7 Å². The predicted molar refractivity (Wildman–Crippen MR) is 62.3 cm³/mol. The molecule has 1 aromatic heterocycles. The molecule has 1 unspecified atom stereocenters. The van der Waals surface area contributed by atoms with Crippen molar-refractivity contribution in [3.8, 4) is 5.69 Å². The van der Waals surface area contributed by atoms with Crippen molar-refractivity contribution in [2.75, 3.05) is 6.61 Å². The van der Waals surface area contributed by atoms with Crippen LogP contribution in [-0.4, -0.2) is 21.3 Å². The van der Waals surface area contributed by atoms with Crippen molar-refractivity contribution >= 4 is 0 Å². The minimum absolute atomic E-state index is 0.0858. The molecular weight excluding hydrogens is 202 g/mol. The Balaban J connectivity index is 2.40. The van der Waals surface area contributed by atoms with Gasteiger partial charge in [-0.2, -0.15) is 0 Å². The Morgan fingerprint density at radius 1 is 1.38 bits per heavy atom. The van der Waals surface area contributed by atoms with E-state index in [1.165, 1.54) is 5.56 Å². The van der Waals surface area contributed by atoms with Gasteiger partial charge in [0.2, 0.25) is 0 Å². The number of aliphatic hydroxyl groups is 1. The van der Waals surface area contributed by atoms with E-state index in [1.807, 2.05) is 35.8 Å². The monoisotopic (exact) mass is 217 g/mol. The van der Waals surface area contributed by atoms with E-state index in [2.05, 4.69) is 4.98 Å². The van der Waals surface area contributed by atoms with Crippen LogP contribution in [0.4, 0.5) is 0 Å². The van der Waals surface area contributed by atoms with Crippen LogP contribution in [0.25, 0.3) is 5.69 Å². The average Bonchev–Trinajstić information content (AvgIpc) is 2.78. The lowest BCUT2D eigenvalue weighted by atomic mass is 10.2. The Kier molecular flexibility index (Phi) is 3.03. The summed E-state index contributed by atoms with van der Waals surface area (Å²) in [5, 5.41) is 9.06. The van der Waals surface area contributed by atoms with Crippen molar-refractivity contribution < 1.29 is 5.11 Å². The highest BCUT2D eigenvalue weighted by molar-refractivity contribution is 5.36. The number of imidazole rings is 1. The summed E-state index contributed by atoms with van der Waals surface area (Å²) in [7, 11) is 0. The van der Waals surface area contributed by atoms with E-state index < -0.39 is 6.04 Å². The molecule has 4 nitrogen and oxygen atoms in total. The molecular formula is C12H15N3O. The summed E-state index contributed by atoms with van der Waals surface area (Å²) in [5.41, 5.74) is 8.81. The highest BCUT2D eigenvalue weighted by Crippen LogP contribution is 2.16. The summed E-state index contributed by atoms with van der Waals surface area (Å²) in [6.07, 6.45) is 3.39. The zero-order valence-corrected chi connectivity index (χ0v) is 9.17. The van der Waals surface area contributed by atoms with Crippen LogP contribution in [0.5, 0.6) is 0 Å². The molecule has 3 N–H and O–H groups in total. The number of nitrogens with two attached hydrogens (primary N) is 1. The molecule has 1 atom stereocenters. The average molecular weight is 217 g/mol. The lowest BCUT2D eigenvalue weighted by Gasteiger charge is -2.12. The van der Waals surface area contributed by atoms with Crippen molar-refractivity contribution in [2.45, 2.75) is 13.0 Å². The second-order valence-electron chi connectivity index (χ2n) is 3.81. The van der Waals surface area contributed by atoms with Crippen molar-refractivity contribution in [3.05, 3.63) is 48.0 Å². The Morgan fingerprint density at radius 3 is 2.69 bits per heavy atom. The van der Waals surface area contributed by atoms with Crippen molar-refractivity contribution in [1.29, 1.82) is 0 Å². The fraction of sp³-hybridized carbons (Fsp3) is 0.250. The summed E-state index contributed by atoms with van der Waals surface area (Å²) in [6.45, 7) is 1.95. The van der Waals surface area contributed by atoms with Crippen LogP contribution >= 0.6 is 0 Å². The number of hydrogen-bond acceptors (Lipinski definition) is 3. The number of benzene rings is 1. The van der Waals surface area contributed by atoms with E-state index in [1.54, 1.807) is 12.5 Å². The van der Waals surface area contributed by atoms with E-state index in [-0.39, 0.29) is 6.61 Å². The molecule has 0 saturated carbocycles. The first kappa shape index (κ1) is 10.9. The van der Waals surface area contributed by atoms with Crippen LogP contribution < -0.4 is 5.73 Å². The second-order valence-corrected chi connectivity index (χ2v) is 3.81. The SMILES string of the molecule is Cc1ccc(-n2cncc2C(N)CO)cc1. The van der Waals surface area contributed by atoms with Gasteiger partial charge in [-0.3, -0.25) is 0 Å². The molecule has 1 aromatic carbocycles. The van der Waals surface area contributed by atoms with E-state index >= 15 is 0 Å². The van der Waals surface area contributed by atoms with Crippen molar-refractivity contribution in [2.24, 2.45) is 5.73 Å². The molecule has 84 valence electrons. The molecule has 0 radical (unpaired) electrons. The normalized spacial score (nSPS) is 12.7.